The lowest BCUT2D eigenvalue weighted by Crippen LogP contribution is -2.51. The fraction of sp³-hybridized carbons (Fsp3) is 0.538. The summed E-state index contributed by atoms with van der Waals surface area (Å²) in [6.07, 6.45) is 1.86. The van der Waals surface area contributed by atoms with E-state index in [0.29, 0.717) is 9.37 Å². The van der Waals surface area contributed by atoms with Crippen LogP contribution < -0.4 is 10.0 Å². The Hall–Kier alpha value is -0.140. The number of nitrogens with one attached hydrogen (secondary N) is 2. The van der Waals surface area contributed by atoms with Crippen LogP contribution in [0.4, 0.5) is 0 Å². The van der Waals surface area contributed by atoms with E-state index in [-0.39, 0.29) is 24.5 Å². The summed E-state index contributed by atoms with van der Waals surface area (Å²) in [5.41, 5.74) is 0.915. The molecule has 0 aliphatic carbocycles. The predicted octanol–water partition coefficient (Wildman–Crippen LogP) is 2.60. The van der Waals surface area contributed by atoms with Gasteiger partial charge >= 0.3 is 0 Å². The van der Waals surface area contributed by atoms with Gasteiger partial charge in [-0.3, -0.25) is 0 Å². The first-order valence-corrected chi connectivity index (χ1v) is 8.70. The normalized spacial score (nSPS) is 23.1. The number of sulfonamides is 1. The van der Waals surface area contributed by atoms with Gasteiger partial charge in [0.25, 0.3) is 0 Å². The summed E-state index contributed by atoms with van der Waals surface area (Å²) >= 11 is 3.36. The highest BCUT2D eigenvalue weighted by molar-refractivity contribution is 9.10. The Morgan fingerprint density at radius 2 is 2.10 bits per heavy atom. The van der Waals surface area contributed by atoms with Gasteiger partial charge in [-0.2, -0.15) is 0 Å². The molecule has 1 aliphatic rings. The van der Waals surface area contributed by atoms with Gasteiger partial charge in [0, 0.05) is 16.6 Å². The summed E-state index contributed by atoms with van der Waals surface area (Å²) in [4.78, 5) is 0.310. The standard InChI is InChI=1S/C13H19BrN2O2S.ClH/c1-9-5-3-7-12(13(9)14)19(17,18)16-11-6-4-8-15-10(11)2;/h3,5,7,10-11,15-16H,4,6,8H2,1-2H3;1H. The van der Waals surface area contributed by atoms with E-state index in [0.717, 1.165) is 24.9 Å². The molecule has 0 bridgehead atoms. The molecule has 0 aromatic heterocycles. The molecule has 1 aromatic carbocycles. The average Bonchev–Trinajstić information content (AvgIpc) is 2.35. The van der Waals surface area contributed by atoms with Crippen LogP contribution in [0.25, 0.3) is 0 Å². The van der Waals surface area contributed by atoms with Crippen LogP contribution in [-0.2, 0) is 10.0 Å². The molecule has 0 spiro atoms. The van der Waals surface area contributed by atoms with Crippen molar-refractivity contribution in [3.8, 4) is 0 Å². The van der Waals surface area contributed by atoms with Crippen molar-refractivity contribution in [1.29, 1.82) is 0 Å². The first-order chi connectivity index (χ1) is 8.92. The van der Waals surface area contributed by atoms with Gasteiger partial charge in [-0.1, -0.05) is 12.1 Å². The Labute approximate surface area is 135 Å². The number of piperidine rings is 1. The number of rotatable bonds is 3. The number of aryl methyl sites for hydroxylation is 1. The van der Waals surface area contributed by atoms with Gasteiger partial charge in [-0.05, 0) is 60.8 Å². The minimum atomic E-state index is -3.48. The zero-order valence-electron chi connectivity index (χ0n) is 11.5. The minimum Gasteiger partial charge on any atom is -0.313 e. The molecule has 1 aromatic rings. The maximum Gasteiger partial charge on any atom is 0.242 e. The van der Waals surface area contributed by atoms with E-state index in [1.165, 1.54) is 0 Å². The molecule has 1 heterocycles. The predicted molar refractivity (Wildman–Crippen MR) is 86.9 cm³/mol. The van der Waals surface area contributed by atoms with Crippen LogP contribution in [0, 0.1) is 6.92 Å². The molecule has 114 valence electrons. The lowest BCUT2D eigenvalue weighted by Gasteiger charge is -2.30. The first-order valence-electron chi connectivity index (χ1n) is 6.42. The second-order valence-corrected chi connectivity index (χ2v) is 7.48. The molecule has 1 aliphatic heterocycles. The Morgan fingerprint density at radius 1 is 1.40 bits per heavy atom. The van der Waals surface area contributed by atoms with E-state index >= 15 is 0 Å². The maximum atomic E-state index is 12.5. The van der Waals surface area contributed by atoms with E-state index in [9.17, 15) is 8.42 Å². The van der Waals surface area contributed by atoms with Crippen molar-refractivity contribution in [3.05, 3.63) is 28.2 Å². The van der Waals surface area contributed by atoms with E-state index in [2.05, 4.69) is 26.0 Å². The summed E-state index contributed by atoms with van der Waals surface area (Å²) < 4.78 is 28.3. The van der Waals surface area contributed by atoms with Crippen LogP contribution in [-0.4, -0.2) is 27.0 Å². The fourth-order valence-corrected chi connectivity index (χ4v) is 4.70. The number of halogens is 2. The van der Waals surface area contributed by atoms with Crippen LogP contribution in [0.5, 0.6) is 0 Å². The molecule has 2 unspecified atom stereocenters. The SMILES string of the molecule is Cc1cccc(S(=O)(=O)NC2CCCNC2C)c1Br.Cl. The number of benzene rings is 1. The molecule has 1 fully saturated rings. The van der Waals surface area contributed by atoms with Gasteiger partial charge in [0.2, 0.25) is 10.0 Å². The van der Waals surface area contributed by atoms with Crippen molar-refractivity contribution >= 4 is 38.4 Å². The molecular formula is C13H20BrClN2O2S. The smallest absolute Gasteiger partial charge is 0.242 e. The highest BCUT2D eigenvalue weighted by atomic mass is 79.9. The van der Waals surface area contributed by atoms with Crippen molar-refractivity contribution in [2.75, 3.05) is 6.54 Å². The second-order valence-electron chi connectivity index (χ2n) is 5.00. The maximum absolute atomic E-state index is 12.5. The molecule has 20 heavy (non-hydrogen) atoms. The first kappa shape index (κ1) is 17.9. The fourth-order valence-electron chi connectivity index (χ4n) is 2.30. The molecule has 4 nitrogen and oxygen atoms in total. The molecule has 2 rings (SSSR count). The molecule has 1 saturated heterocycles. The third-order valence-corrected chi connectivity index (χ3v) is 6.36. The third-order valence-electron chi connectivity index (χ3n) is 3.51. The number of hydrogen-bond donors (Lipinski definition) is 2. The number of hydrogen-bond acceptors (Lipinski definition) is 3. The lowest BCUT2D eigenvalue weighted by molar-refractivity contribution is 0.348. The Balaban J connectivity index is 0.00000200. The van der Waals surface area contributed by atoms with Gasteiger partial charge < -0.3 is 5.32 Å². The highest BCUT2D eigenvalue weighted by Crippen LogP contribution is 2.26. The van der Waals surface area contributed by atoms with E-state index in [4.69, 9.17) is 0 Å². The summed E-state index contributed by atoms with van der Waals surface area (Å²) in [6, 6.07) is 5.38. The van der Waals surface area contributed by atoms with Gasteiger partial charge in [-0.15, -0.1) is 12.4 Å². The van der Waals surface area contributed by atoms with Crippen molar-refractivity contribution < 1.29 is 8.42 Å². The Bertz CT molecular complexity index is 565. The van der Waals surface area contributed by atoms with Gasteiger partial charge in [-0.25, -0.2) is 13.1 Å². The molecule has 2 atom stereocenters. The van der Waals surface area contributed by atoms with Crippen molar-refractivity contribution in [2.45, 2.75) is 43.7 Å². The Kier molecular flexibility index (Phi) is 6.47. The molecule has 2 N–H and O–H groups in total. The Morgan fingerprint density at radius 3 is 2.75 bits per heavy atom. The highest BCUT2D eigenvalue weighted by Gasteiger charge is 2.27. The molecule has 0 amide bonds. The largest absolute Gasteiger partial charge is 0.313 e. The molecule has 0 saturated carbocycles. The summed E-state index contributed by atoms with van der Waals surface area (Å²) in [5.74, 6) is 0. The van der Waals surface area contributed by atoms with Crippen LogP contribution in [0.2, 0.25) is 0 Å². The summed E-state index contributed by atoms with van der Waals surface area (Å²) in [6.45, 7) is 4.85. The van der Waals surface area contributed by atoms with Gasteiger partial charge in [0.05, 0.1) is 4.90 Å². The van der Waals surface area contributed by atoms with Gasteiger partial charge in [0.15, 0.2) is 0 Å². The summed E-state index contributed by atoms with van der Waals surface area (Å²) in [5, 5.41) is 3.29. The topological polar surface area (TPSA) is 58.2 Å². The van der Waals surface area contributed by atoms with Crippen LogP contribution in [0.1, 0.15) is 25.3 Å². The molecule has 0 radical (unpaired) electrons. The zero-order valence-corrected chi connectivity index (χ0v) is 14.7. The zero-order chi connectivity index (χ0) is 14.0. The summed E-state index contributed by atoms with van der Waals surface area (Å²) in [7, 11) is -3.48. The average molecular weight is 384 g/mol. The quantitative estimate of drug-likeness (QED) is 0.843. The minimum absolute atomic E-state index is 0. The van der Waals surface area contributed by atoms with E-state index < -0.39 is 10.0 Å². The monoisotopic (exact) mass is 382 g/mol. The van der Waals surface area contributed by atoms with Gasteiger partial charge in [0.1, 0.15) is 0 Å². The van der Waals surface area contributed by atoms with Crippen molar-refractivity contribution in [3.63, 3.8) is 0 Å². The third kappa shape index (κ3) is 3.95. The molecule has 7 heteroatoms. The van der Waals surface area contributed by atoms with Crippen molar-refractivity contribution in [1.82, 2.24) is 10.0 Å². The van der Waals surface area contributed by atoms with E-state index in [1.54, 1.807) is 12.1 Å². The second kappa shape index (κ2) is 7.22. The van der Waals surface area contributed by atoms with E-state index in [1.807, 2.05) is 19.9 Å². The van der Waals surface area contributed by atoms with Crippen LogP contribution >= 0.6 is 28.3 Å². The lowest BCUT2D eigenvalue weighted by atomic mass is 10.0. The molecular weight excluding hydrogens is 364 g/mol. The van der Waals surface area contributed by atoms with Crippen LogP contribution in [0.3, 0.4) is 0 Å². The van der Waals surface area contributed by atoms with Crippen LogP contribution in [0.15, 0.2) is 27.6 Å². The van der Waals surface area contributed by atoms with Crippen molar-refractivity contribution in [2.24, 2.45) is 0 Å².